The van der Waals surface area contributed by atoms with Gasteiger partial charge in [-0.05, 0) is 52.2 Å². The van der Waals surface area contributed by atoms with Crippen LogP contribution in [0.3, 0.4) is 0 Å². The maximum Gasteiger partial charge on any atom is 0.342 e. The van der Waals surface area contributed by atoms with Crippen LogP contribution >= 0.6 is 0 Å². The van der Waals surface area contributed by atoms with Gasteiger partial charge in [-0.1, -0.05) is 54.6 Å². The van der Waals surface area contributed by atoms with Crippen molar-refractivity contribution < 1.29 is 4.42 Å². The van der Waals surface area contributed by atoms with Crippen LogP contribution in [0, 0.1) is 0 Å². The van der Waals surface area contributed by atoms with E-state index >= 15 is 0 Å². The molecule has 0 aliphatic carbocycles. The van der Waals surface area contributed by atoms with E-state index in [-0.39, 0.29) is 11.5 Å². The SMILES string of the molecule is CN(C)c1ccc(C2c3c(c4ccccc4oc3=O)Nc3ccc4ccccc4c32)cc1. The molecule has 2 heterocycles. The number of para-hydroxylation sites is 1. The van der Waals surface area contributed by atoms with Crippen LogP contribution in [0.4, 0.5) is 17.1 Å². The van der Waals surface area contributed by atoms with E-state index in [1.54, 1.807) is 0 Å². The molecule has 4 nitrogen and oxygen atoms in total. The lowest BCUT2D eigenvalue weighted by atomic mass is 9.79. The molecule has 1 aromatic heterocycles. The molecule has 1 N–H and O–H groups in total. The zero-order valence-corrected chi connectivity index (χ0v) is 17.9. The Morgan fingerprint density at radius 3 is 2.28 bits per heavy atom. The van der Waals surface area contributed by atoms with Crippen molar-refractivity contribution >= 4 is 38.8 Å². The summed E-state index contributed by atoms with van der Waals surface area (Å²) in [4.78, 5) is 15.4. The van der Waals surface area contributed by atoms with Crippen LogP contribution in [-0.2, 0) is 0 Å². The monoisotopic (exact) mass is 418 g/mol. The standard InChI is InChI=1S/C28H22N2O2/c1-30(2)19-14-11-18(12-15-19)24-25-20-8-4-3-7-17(20)13-16-22(25)29-27-21-9-5-6-10-23(21)32-28(31)26(24)27/h3-16,24,29H,1-2H3. The van der Waals surface area contributed by atoms with Crippen molar-refractivity contribution in [3.05, 3.63) is 112 Å². The Morgan fingerprint density at radius 1 is 0.781 bits per heavy atom. The topological polar surface area (TPSA) is 45.5 Å². The van der Waals surface area contributed by atoms with Crippen LogP contribution in [0.25, 0.3) is 21.7 Å². The fourth-order valence-corrected chi connectivity index (χ4v) is 4.85. The molecule has 1 unspecified atom stereocenters. The van der Waals surface area contributed by atoms with Gasteiger partial charge in [0.2, 0.25) is 0 Å². The lowest BCUT2D eigenvalue weighted by Gasteiger charge is -2.31. The number of rotatable bonds is 2. The summed E-state index contributed by atoms with van der Waals surface area (Å²) in [5, 5.41) is 6.78. The number of anilines is 3. The molecule has 0 amide bonds. The van der Waals surface area contributed by atoms with E-state index in [4.69, 9.17) is 4.42 Å². The molecule has 4 aromatic carbocycles. The second-order valence-electron chi connectivity index (χ2n) is 8.47. The quantitative estimate of drug-likeness (QED) is 0.338. The maximum atomic E-state index is 13.4. The molecule has 0 bridgehead atoms. The minimum atomic E-state index is -0.300. The second kappa shape index (κ2) is 6.99. The lowest BCUT2D eigenvalue weighted by Crippen LogP contribution is -2.23. The molecule has 6 rings (SSSR count). The molecule has 0 spiro atoms. The summed E-state index contributed by atoms with van der Waals surface area (Å²) in [6.07, 6.45) is 0. The first-order chi connectivity index (χ1) is 15.6. The van der Waals surface area contributed by atoms with Crippen molar-refractivity contribution in [3.63, 3.8) is 0 Å². The first kappa shape index (κ1) is 18.7. The zero-order valence-electron chi connectivity index (χ0n) is 17.9. The molecule has 0 saturated heterocycles. The summed E-state index contributed by atoms with van der Waals surface area (Å²) in [6.45, 7) is 0. The van der Waals surface area contributed by atoms with Crippen molar-refractivity contribution in [1.82, 2.24) is 0 Å². The number of nitrogens with one attached hydrogen (secondary N) is 1. The van der Waals surface area contributed by atoms with Crippen LogP contribution in [0.1, 0.15) is 22.6 Å². The molecule has 5 aromatic rings. The highest BCUT2D eigenvalue weighted by Gasteiger charge is 2.33. The van der Waals surface area contributed by atoms with E-state index < -0.39 is 0 Å². The Labute approximate surface area is 185 Å². The molecule has 0 radical (unpaired) electrons. The van der Waals surface area contributed by atoms with Crippen molar-refractivity contribution in [3.8, 4) is 0 Å². The smallest absolute Gasteiger partial charge is 0.342 e. The van der Waals surface area contributed by atoms with Gasteiger partial charge in [0.05, 0.1) is 11.3 Å². The van der Waals surface area contributed by atoms with Crippen molar-refractivity contribution in [2.45, 2.75) is 5.92 Å². The average Bonchev–Trinajstić information content (AvgIpc) is 2.83. The predicted octanol–water partition coefficient (Wildman–Crippen LogP) is 6.25. The number of hydrogen-bond acceptors (Lipinski definition) is 4. The van der Waals surface area contributed by atoms with Gasteiger partial charge in [-0.15, -0.1) is 0 Å². The van der Waals surface area contributed by atoms with Crippen LogP contribution < -0.4 is 15.8 Å². The summed E-state index contributed by atoms with van der Waals surface area (Å²) in [5.41, 5.74) is 6.10. The molecule has 4 heteroatoms. The highest BCUT2D eigenvalue weighted by Crippen LogP contribution is 2.48. The molecule has 32 heavy (non-hydrogen) atoms. The summed E-state index contributed by atoms with van der Waals surface area (Å²) in [7, 11) is 4.05. The van der Waals surface area contributed by atoms with E-state index in [2.05, 4.69) is 58.7 Å². The Kier molecular flexibility index (Phi) is 4.08. The average molecular weight is 418 g/mol. The first-order valence-electron chi connectivity index (χ1n) is 10.7. The van der Waals surface area contributed by atoms with Gasteiger partial charge in [0.15, 0.2) is 0 Å². The van der Waals surface area contributed by atoms with Gasteiger partial charge >= 0.3 is 5.63 Å². The Bertz CT molecular complexity index is 1550. The second-order valence-corrected chi connectivity index (χ2v) is 8.47. The molecule has 1 atom stereocenters. The predicted molar refractivity (Wildman–Crippen MR) is 131 cm³/mol. The number of hydrogen-bond donors (Lipinski definition) is 1. The van der Waals surface area contributed by atoms with E-state index in [1.807, 2.05) is 50.5 Å². The Balaban J connectivity index is 1.71. The normalized spacial score (nSPS) is 14.6. The third-order valence-electron chi connectivity index (χ3n) is 6.40. The van der Waals surface area contributed by atoms with Gasteiger partial charge in [0.25, 0.3) is 0 Å². The van der Waals surface area contributed by atoms with Gasteiger partial charge < -0.3 is 14.6 Å². The number of benzene rings is 4. The Hall–Kier alpha value is -4.05. The van der Waals surface area contributed by atoms with Gasteiger partial charge in [-0.25, -0.2) is 4.79 Å². The summed E-state index contributed by atoms with van der Waals surface area (Å²) in [5.74, 6) is -0.232. The molecule has 1 aliphatic heterocycles. The van der Waals surface area contributed by atoms with Crippen LogP contribution in [0.5, 0.6) is 0 Å². The largest absolute Gasteiger partial charge is 0.422 e. The highest BCUT2D eigenvalue weighted by molar-refractivity contribution is 6.00. The fourth-order valence-electron chi connectivity index (χ4n) is 4.85. The van der Waals surface area contributed by atoms with Crippen molar-refractivity contribution in [2.24, 2.45) is 0 Å². The summed E-state index contributed by atoms with van der Waals surface area (Å²) < 4.78 is 5.80. The van der Waals surface area contributed by atoms with Crippen LogP contribution in [0.2, 0.25) is 0 Å². The van der Waals surface area contributed by atoms with Gasteiger partial charge in [-0.3, -0.25) is 0 Å². The fraction of sp³-hybridized carbons (Fsp3) is 0.107. The van der Waals surface area contributed by atoms with Gasteiger partial charge in [-0.2, -0.15) is 0 Å². The minimum absolute atomic E-state index is 0.232. The molecule has 1 aliphatic rings. The number of fused-ring (bicyclic) bond motifs is 6. The van der Waals surface area contributed by atoms with Crippen LogP contribution in [0.15, 0.2) is 94.1 Å². The molecular weight excluding hydrogens is 396 g/mol. The highest BCUT2D eigenvalue weighted by atomic mass is 16.4. The molecular formula is C28H22N2O2. The van der Waals surface area contributed by atoms with E-state index in [9.17, 15) is 4.79 Å². The molecule has 156 valence electrons. The first-order valence-corrected chi connectivity index (χ1v) is 10.7. The van der Waals surface area contributed by atoms with Gasteiger partial charge in [0, 0.05) is 36.8 Å². The van der Waals surface area contributed by atoms with Crippen molar-refractivity contribution in [1.29, 1.82) is 0 Å². The lowest BCUT2D eigenvalue weighted by molar-refractivity contribution is 0.549. The maximum absolute atomic E-state index is 13.4. The number of nitrogens with zero attached hydrogens (tertiary/aromatic N) is 1. The Morgan fingerprint density at radius 2 is 1.50 bits per heavy atom. The van der Waals surface area contributed by atoms with E-state index in [1.165, 1.54) is 0 Å². The van der Waals surface area contributed by atoms with Crippen LogP contribution in [-0.4, -0.2) is 14.1 Å². The zero-order chi connectivity index (χ0) is 21.8. The van der Waals surface area contributed by atoms with Gasteiger partial charge in [0.1, 0.15) is 5.58 Å². The van der Waals surface area contributed by atoms with E-state index in [0.717, 1.165) is 44.3 Å². The molecule has 0 fully saturated rings. The summed E-state index contributed by atoms with van der Waals surface area (Å²) >= 11 is 0. The van der Waals surface area contributed by atoms with Crippen molar-refractivity contribution in [2.75, 3.05) is 24.3 Å². The third kappa shape index (κ3) is 2.73. The molecule has 0 saturated carbocycles. The third-order valence-corrected chi connectivity index (χ3v) is 6.40. The summed E-state index contributed by atoms with van der Waals surface area (Å²) in [6, 6.07) is 28.7. The minimum Gasteiger partial charge on any atom is -0.422 e. The van der Waals surface area contributed by atoms with E-state index in [0.29, 0.717) is 11.1 Å².